The summed E-state index contributed by atoms with van der Waals surface area (Å²) < 4.78 is 14.6. The number of thioether (sulfide) groups is 1. The number of nitrogens with zero attached hydrogens (tertiary/aromatic N) is 2. The second-order valence-corrected chi connectivity index (χ2v) is 8.14. The third-order valence-electron chi connectivity index (χ3n) is 4.28. The van der Waals surface area contributed by atoms with Crippen LogP contribution in [0.1, 0.15) is 5.56 Å². The fourth-order valence-corrected chi connectivity index (χ4v) is 4.49. The van der Waals surface area contributed by atoms with E-state index in [1.54, 1.807) is 10.6 Å². The van der Waals surface area contributed by atoms with Gasteiger partial charge < -0.3 is 5.32 Å². The number of halogens is 1. The van der Waals surface area contributed by atoms with Crippen LogP contribution in [-0.2, 0) is 4.79 Å². The molecule has 4 aromatic rings. The van der Waals surface area contributed by atoms with Gasteiger partial charge in [0.2, 0.25) is 5.91 Å². The molecule has 0 unspecified atom stereocenters. The summed E-state index contributed by atoms with van der Waals surface area (Å²) in [7, 11) is 0. The highest BCUT2D eigenvalue weighted by atomic mass is 32.2. The predicted molar refractivity (Wildman–Crippen MR) is 116 cm³/mol. The highest BCUT2D eigenvalue weighted by Crippen LogP contribution is 2.25. The van der Waals surface area contributed by atoms with Crippen molar-refractivity contribution in [2.24, 2.45) is 0 Å². The molecular formula is C21H16FN3O2S2. The number of thiophene rings is 1. The molecule has 0 spiro atoms. The van der Waals surface area contributed by atoms with Crippen molar-refractivity contribution in [3.05, 3.63) is 81.7 Å². The lowest BCUT2D eigenvalue weighted by Gasteiger charge is -2.14. The molecule has 1 N–H and O–H groups in total. The molecule has 4 rings (SSSR count). The number of fused-ring (bicyclic) bond motifs is 1. The molecule has 2 heterocycles. The van der Waals surface area contributed by atoms with Crippen molar-refractivity contribution in [1.29, 1.82) is 0 Å². The number of rotatable bonds is 5. The van der Waals surface area contributed by atoms with Crippen molar-refractivity contribution in [1.82, 2.24) is 9.55 Å². The van der Waals surface area contributed by atoms with Gasteiger partial charge in [-0.3, -0.25) is 14.2 Å². The predicted octanol–water partition coefficient (Wildman–Crippen LogP) is 4.63. The number of amides is 1. The van der Waals surface area contributed by atoms with Crippen LogP contribution in [0.5, 0.6) is 0 Å². The zero-order chi connectivity index (χ0) is 20.4. The maximum absolute atomic E-state index is 13.1. The van der Waals surface area contributed by atoms with E-state index in [4.69, 9.17) is 0 Å². The molecule has 2 aromatic heterocycles. The molecule has 0 bridgehead atoms. The van der Waals surface area contributed by atoms with E-state index >= 15 is 0 Å². The van der Waals surface area contributed by atoms with Gasteiger partial charge in [0.1, 0.15) is 10.6 Å². The summed E-state index contributed by atoms with van der Waals surface area (Å²) in [4.78, 5) is 30.7. The van der Waals surface area contributed by atoms with Crippen molar-refractivity contribution < 1.29 is 9.18 Å². The molecule has 0 aliphatic heterocycles. The third kappa shape index (κ3) is 4.08. The molecule has 0 saturated heterocycles. The Morgan fingerprint density at radius 1 is 1.17 bits per heavy atom. The number of benzene rings is 2. The van der Waals surface area contributed by atoms with E-state index in [2.05, 4.69) is 10.3 Å². The van der Waals surface area contributed by atoms with Gasteiger partial charge in [-0.15, -0.1) is 11.3 Å². The average molecular weight is 426 g/mol. The maximum Gasteiger partial charge on any atom is 0.267 e. The summed E-state index contributed by atoms with van der Waals surface area (Å²) in [5.41, 5.74) is 2.02. The molecule has 0 fully saturated rings. The van der Waals surface area contributed by atoms with Crippen LogP contribution in [0.4, 0.5) is 10.1 Å². The van der Waals surface area contributed by atoms with Gasteiger partial charge in [-0.2, -0.15) is 0 Å². The SMILES string of the molecule is Cc1ccccc1-n1c(SCC(=O)Nc2ccc(F)cc2)nc2sccc2c1=O. The first-order chi connectivity index (χ1) is 14.0. The van der Waals surface area contributed by atoms with E-state index < -0.39 is 0 Å². The zero-order valence-electron chi connectivity index (χ0n) is 15.4. The molecule has 0 aliphatic rings. The molecule has 2 aromatic carbocycles. The van der Waals surface area contributed by atoms with Crippen LogP contribution < -0.4 is 10.9 Å². The Morgan fingerprint density at radius 3 is 2.69 bits per heavy atom. The van der Waals surface area contributed by atoms with Crippen molar-refractivity contribution in [2.75, 3.05) is 11.1 Å². The molecule has 8 heteroatoms. The number of para-hydroxylation sites is 1. The van der Waals surface area contributed by atoms with Crippen molar-refractivity contribution in [2.45, 2.75) is 12.1 Å². The lowest BCUT2D eigenvalue weighted by molar-refractivity contribution is -0.113. The van der Waals surface area contributed by atoms with E-state index in [1.165, 1.54) is 47.4 Å². The van der Waals surface area contributed by atoms with Gasteiger partial charge in [0, 0.05) is 5.69 Å². The number of anilines is 1. The Hall–Kier alpha value is -2.97. The second-order valence-electron chi connectivity index (χ2n) is 6.30. The van der Waals surface area contributed by atoms with E-state index in [1.807, 2.05) is 36.6 Å². The fourth-order valence-electron chi connectivity index (χ4n) is 2.88. The number of hydrogen-bond donors (Lipinski definition) is 1. The van der Waals surface area contributed by atoms with Crippen LogP contribution in [0.2, 0.25) is 0 Å². The highest BCUT2D eigenvalue weighted by Gasteiger charge is 2.16. The van der Waals surface area contributed by atoms with Crippen molar-refractivity contribution in [3.8, 4) is 5.69 Å². The zero-order valence-corrected chi connectivity index (χ0v) is 17.0. The fraction of sp³-hybridized carbons (Fsp3) is 0.0952. The van der Waals surface area contributed by atoms with Crippen LogP contribution in [0.25, 0.3) is 15.9 Å². The number of carbonyl (C=O) groups is 1. The van der Waals surface area contributed by atoms with Crippen LogP contribution in [0, 0.1) is 12.7 Å². The minimum atomic E-state index is -0.368. The highest BCUT2D eigenvalue weighted by molar-refractivity contribution is 7.99. The average Bonchev–Trinajstić information content (AvgIpc) is 3.18. The molecule has 0 atom stereocenters. The first-order valence-corrected chi connectivity index (χ1v) is 10.6. The number of aryl methyl sites for hydroxylation is 1. The molecule has 146 valence electrons. The van der Waals surface area contributed by atoms with E-state index in [9.17, 15) is 14.0 Å². The molecule has 5 nitrogen and oxygen atoms in total. The summed E-state index contributed by atoms with van der Waals surface area (Å²) in [5.74, 6) is -0.571. The van der Waals surface area contributed by atoms with Gasteiger partial charge in [-0.1, -0.05) is 30.0 Å². The van der Waals surface area contributed by atoms with E-state index in [-0.39, 0.29) is 23.0 Å². The van der Waals surface area contributed by atoms with E-state index in [0.717, 1.165) is 11.3 Å². The Kier molecular flexibility index (Phi) is 5.46. The number of carbonyl (C=O) groups excluding carboxylic acids is 1. The monoisotopic (exact) mass is 425 g/mol. The molecule has 1 amide bonds. The van der Waals surface area contributed by atoms with Crippen LogP contribution in [-0.4, -0.2) is 21.2 Å². The van der Waals surface area contributed by atoms with Crippen LogP contribution >= 0.6 is 23.1 Å². The number of aromatic nitrogens is 2. The Labute approximate surface area is 174 Å². The number of nitrogens with one attached hydrogen (secondary N) is 1. The largest absolute Gasteiger partial charge is 0.325 e. The quantitative estimate of drug-likeness (QED) is 0.374. The first kappa shape index (κ1) is 19.4. The topological polar surface area (TPSA) is 64.0 Å². The standard InChI is InChI=1S/C21H16FN3O2S2/c1-13-4-2-3-5-17(13)25-20(27)16-10-11-28-19(16)24-21(25)29-12-18(26)23-15-8-6-14(22)7-9-15/h2-11H,12H2,1H3,(H,23,26). The van der Waals surface area contributed by atoms with Gasteiger partial charge in [-0.05, 0) is 54.3 Å². The molecular weight excluding hydrogens is 409 g/mol. The van der Waals surface area contributed by atoms with Crippen LogP contribution in [0.3, 0.4) is 0 Å². The minimum absolute atomic E-state index is 0.0621. The van der Waals surface area contributed by atoms with Gasteiger partial charge in [0.25, 0.3) is 5.56 Å². The van der Waals surface area contributed by atoms with Gasteiger partial charge >= 0.3 is 0 Å². The van der Waals surface area contributed by atoms with Gasteiger partial charge in [-0.25, -0.2) is 9.37 Å². The lowest BCUT2D eigenvalue weighted by atomic mass is 10.2. The van der Waals surface area contributed by atoms with Crippen molar-refractivity contribution >= 4 is 44.9 Å². The molecule has 0 radical (unpaired) electrons. The van der Waals surface area contributed by atoms with Gasteiger partial charge in [0.05, 0.1) is 16.8 Å². The van der Waals surface area contributed by atoms with E-state index in [0.29, 0.717) is 21.1 Å². The Bertz CT molecular complexity index is 1250. The van der Waals surface area contributed by atoms with Crippen LogP contribution in [0.15, 0.2) is 69.9 Å². The lowest BCUT2D eigenvalue weighted by Crippen LogP contribution is -2.23. The molecule has 0 saturated carbocycles. The Morgan fingerprint density at radius 2 is 1.93 bits per heavy atom. The number of hydrogen-bond acceptors (Lipinski definition) is 5. The summed E-state index contributed by atoms with van der Waals surface area (Å²) in [6.07, 6.45) is 0. The molecule has 29 heavy (non-hydrogen) atoms. The first-order valence-electron chi connectivity index (χ1n) is 8.77. The maximum atomic E-state index is 13.1. The second kappa shape index (κ2) is 8.18. The summed E-state index contributed by atoms with van der Waals surface area (Å²) in [6, 6.07) is 14.9. The minimum Gasteiger partial charge on any atom is -0.325 e. The molecule has 0 aliphatic carbocycles. The summed E-state index contributed by atoms with van der Waals surface area (Å²) in [6.45, 7) is 1.93. The normalized spacial score (nSPS) is 11.0. The van der Waals surface area contributed by atoms with Crippen molar-refractivity contribution in [3.63, 3.8) is 0 Å². The van der Waals surface area contributed by atoms with Gasteiger partial charge in [0.15, 0.2) is 5.16 Å². The summed E-state index contributed by atoms with van der Waals surface area (Å²) in [5, 5.41) is 5.55. The summed E-state index contributed by atoms with van der Waals surface area (Å²) >= 11 is 2.57. The third-order valence-corrected chi connectivity index (χ3v) is 6.03. The smallest absolute Gasteiger partial charge is 0.267 e. The Balaban J connectivity index is 1.65.